The van der Waals surface area contributed by atoms with Gasteiger partial charge in [0.15, 0.2) is 0 Å². The summed E-state index contributed by atoms with van der Waals surface area (Å²) in [5.74, 6) is -0.897. The van der Waals surface area contributed by atoms with Gasteiger partial charge in [-0.25, -0.2) is 4.79 Å². The van der Waals surface area contributed by atoms with E-state index < -0.39 is 5.97 Å². The van der Waals surface area contributed by atoms with Crippen molar-refractivity contribution in [2.45, 2.75) is 12.8 Å². The number of aromatic carboxylic acids is 1. The van der Waals surface area contributed by atoms with Gasteiger partial charge in [0.25, 0.3) is 5.91 Å². The maximum absolute atomic E-state index is 12.4. The number of piperazine rings is 1. The molecule has 0 saturated carbocycles. The fraction of sp³-hybridized carbons (Fsp3) is 0.286. The molecule has 1 saturated heterocycles. The minimum absolute atomic E-state index is 0.00113. The third kappa shape index (κ3) is 4.73. The van der Waals surface area contributed by atoms with Crippen molar-refractivity contribution >= 4 is 17.8 Å². The Bertz CT molecular complexity index is 810. The summed E-state index contributed by atoms with van der Waals surface area (Å²) < 4.78 is 0. The Labute approximate surface area is 158 Å². The van der Waals surface area contributed by atoms with E-state index in [-0.39, 0.29) is 17.4 Å². The first-order valence-electron chi connectivity index (χ1n) is 8.99. The number of aryl methyl sites for hydroxylation is 1. The molecule has 0 radical (unpaired) electrons. The number of hydrogen-bond donors (Lipinski definition) is 1. The number of carboxylic acid groups (broad SMARTS) is 1. The summed E-state index contributed by atoms with van der Waals surface area (Å²) in [7, 11) is 0. The molecule has 1 fully saturated rings. The molecule has 2 amide bonds. The van der Waals surface area contributed by atoms with Crippen LogP contribution in [0.4, 0.5) is 0 Å². The van der Waals surface area contributed by atoms with Gasteiger partial charge in [0.2, 0.25) is 5.91 Å². The first-order valence-corrected chi connectivity index (χ1v) is 8.99. The van der Waals surface area contributed by atoms with Crippen LogP contribution in [0.5, 0.6) is 0 Å². The third-order valence-electron chi connectivity index (χ3n) is 4.77. The molecule has 0 unspecified atom stereocenters. The van der Waals surface area contributed by atoms with Gasteiger partial charge in [-0.05, 0) is 36.2 Å². The van der Waals surface area contributed by atoms with Crippen molar-refractivity contribution in [1.29, 1.82) is 0 Å². The lowest BCUT2D eigenvalue weighted by molar-refractivity contribution is -0.132. The molecule has 2 aromatic rings. The summed E-state index contributed by atoms with van der Waals surface area (Å²) in [6.07, 6.45) is 0.945. The lowest BCUT2D eigenvalue weighted by atomic mass is 10.1. The van der Waals surface area contributed by atoms with Crippen LogP contribution in [0.15, 0.2) is 54.6 Å². The van der Waals surface area contributed by atoms with Crippen molar-refractivity contribution in [1.82, 2.24) is 9.80 Å². The zero-order chi connectivity index (χ0) is 19.2. The van der Waals surface area contributed by atoms with Crippen LogP contribution >= 0.6 is 0 Å². The maximum atomic E-state index is 12.4. The molecule has 1 aliphatic heterocycles. The van der Waals surface area contributed by atoms with Gasteiger partial charge in [-0.3, -0.25) is 9.59 Å². The fourth-order valence-electron chi connectivity index (χ4n) is 3.15. The summed E-state index contributed by atoms with van der Waals surface area (Å²) in [6.45, 7) is 2.14. The van der Waals surface area contributed by atoms with Crippen molar-refractivity contribution in [3.63, 3.8) is 0 Å². The van der Waals surface area contributed by atoms with E-state index in [1.54, 1.807) is 46.2 Å². The zero-order valence-corrected chi connectivity index (χ0v) is 15.0. The lowest BCUT2D eigenvalue weighted by Crippen LogP contribution is -2.50. The number of carbonyl (C=O) groups excluding carboxylic acids is 2. The van der Waals surface area contributed by atoms with Crippen LogP contribution in [0.1, 0.15) is 32.7 Å². The summed E-state index contributed by atoms with van der Waals surface area (Å²) >= 11 is 0. The van der Waals surface area contributed by atoms with Gasteiger partial charge in [-0.15, -0.1) is 0 Å². The molecule has 0 aromatic heterocycles. The van der Waals surface area contributed by atoms with Gasteiger partial charge in [-0.2, -0.15) is 0 Å². The average molecular weight is 366 g/mol. The van der Waals surface area contributed by atoms with Gasteiger partial charge in [0.1, 0.15) is 0 Å². The number of benzene rings is 2. The second-order valence-corrected chi connectivity index (χ2v) is 6.54. The molecule has 140 valence electrons. The standard InChI is InChI=1S/C21H22N2O4/c24-19(11-8-16-6-9-18(10-7-16)21(26)27)22-12-14-23(15-13-22)20(25)17-4-2-1-3-5-17/h1-7,9-10H,8,11-15H2,(H,26,27). The van der Waals surface area contributed by atoms with Crippen LogP contribution in [0, 0.1) is 0 Å². The Balaban J connectivity index is 1.47. The Hall–Kier alpha value is -3.15. The minimum Gasteiger partial charge on any atom is -0.478 e. The number of amides is 2. The van der Waals surface area contributed by atoms with Gasteiger partial charge >= 0.3 is 5.97 Å². The van der Waals surface area contributed by atoms with Crippen molar-refractivity contribution in [3.05, 3.63) is 71.3 Å². The van der Waals surface area contributed by atoms with Crippen LogP contribution in [-0.2, 0) is 11.2 Å². The van der Waals surface area contributed by atoms with Gasteiger partial charge < -0.3 is 14.9 Å². The third-order valence-corrected chi connectivity index (χ3v) is 4.77. The largest absolute Gasteiger partial charge is 0.478 e. The first kappa shape index (κ1) is 18.6. The van der Waals surface area contributed by atoms with Gasteiger partial charge in [0.05, 0.1) is 5.56 Å². The van der Waals surface area contributed by atoms with E-state index in [2.05, 4.69) is 0 Å². The molecule has 0 aliphatic carbocycles. The number of carboxylic acids is 1. The number of hydrogen-bond acceptors (Lipinski definition) is 3. The number of rotatable bonds is 5. The van der Waals surface area contributed by atoms with Crippen molar-refractivity contribution in [2.75, 3.05) is 26.2 Å². The highest BCUT2D eigenvalue weighted by Crippen LogP contribution is 2.12. The molecule has 3 rings (SSSR count). The van der Waals surface area contributed by atoms with Crippen molar-refractivity contribution in [3.8, 4) is 0 Å². The van der Waals surface area contributed by atoms with Crippen LogP contribution in [0.3, 0.4) is 0 Å². The van der Waals surface area contributed by atoms with E-state index in [1.165, 1.54) is 0 Å². The van der Waals surface area contributed by atoms with Gasteiger partial charge in [0, 0.05) is 38.2 Å². The van der Waals surface area contributed by atoms with Crippen molar-refractivity contribution < 1.29 is 19.5 Å². The zero-order valence-electron chi connectivity index (χ0n) is 15.0. The molecule has 6 heteroatoms. The number of carbonyl (C=O) groups is 3. The lowest BCUT2D eigenvalue weighted by Gasteiger charge is -2.35. The summed E-state index contributed by atoms with van der Waals surface area (Å²) in [6, 6.07) is 15.8. The molecule has 27 heavy (non-hydrogen) atoms. The minimum atomic E-state index is -0.958. The summed E-state index contributed by atoms with van der Waals surface area (Å²) in [5, 5.41) is 8.91. The molecule has 6 nitrogen and oxygen atoms in total. The monoisotopic (exact) mass is 366 g/mol. The van der Waals surface area contributed by atoms with Crippen molar-refractivity contribution in [2.24, 2.45) is 0 Å². The predicted octanol–water partition coefficient (Wildman–Crippen LogP) is 2.30. The van der Waals surface area contributed by atoms with E-state index in [1.807, 2.05) is 18.2 Å². The smallest absolute Gasteiger partial charge is 0.335 e. The Kier molecular flexibility index (Phi) is 5.86. The Morgan fingerprint density at radius 2 is 1.37 bits per heavy atom. The van der Waals surface area contributed by atoms with E-state index >= 15 is 0 Å². The van der Waals surface area contributed by atoms with E-state index in [4.69, 9.17) is 5.11 Å². The molecular weight excluding hydrogens is 344 g/mol. The normalized spacial score (nSPS) is 14.1. The van der Waals surface area contributed by atoms with E-state index in [9.17, 15) is 14.4 Å². The Morgan fingerprint density at radius 3 is 1.96 bits per heavy atom. The first-order chi connectivity index (χ1) is 13.0. The molecule has 1 heterocycles. The molecule has 0 atom stereocenters. The van der Waals surface area contributed by atoms with Crippen LogP contribution < -0.4 is 0 Å². The van der Waals surface area contributed by atoms with Crippen LogP contribution in [-0.4, -0.2) is 58.9 Å². The maximum Gasteiger partial charge on any atom is 0.335 e. The number of nitrogens with zero attached hydrogens (tertiary/aromatic N) is 2. The molecule has 2 aromatic carbocycles. The van der Waals surface area contributed by atoms with Crippen LogP contribution in [0.2, 0.25) is 0 Å². The van der Waals surface area contributed by atoms with Crippen LogP contribution in [0.25, 0.3) is 0 Å². The quantitative estimate of drug-likeness (QED) is 0.881. The second kappa shape index (κ2) is 8.49. The topological polar surface area (TPSA) is 77.9 Å². The predicted molar refractivity (Wildman–Crippen MR) is 101 cm³/mol. The molecule has 1 aliphatic rings. The second-order valence-electron chi connectivity index (χ2n) is 6.54. The summed E-state index contributed by atoms with van der Waals surface area (Å²) in [4.78, 5) is 39.3. The van der Waals surface area contributed by atoms with Gasteiger partial charge in [-0.1, -0.05) is 30.3 Å². The highest BCUT2D eigenvalue weighted by Gasteiger charge is 2.24. The van der Waals surface area contributed by atoms with E-state index in [0.29, 0.717) is 44.6 Å². The molecule has 1 N–H and O–H groups in total. The molecule has 0 spiro atoms. The summed E-state index contributed by atoms with van der Waals surface area (Å²) in [5.41, 5.74) is 1.85. The Morgan fingerprint density at radius 1 is 0.778 bits per heavy atom. The highest BCUT2D eigenvalue weighted by molar-refractivity contribution is 5.94. The van der Waals surface area contributed by atoms with E-state index in [0.717, 1.165) is 5.56 Å². The molecular formula is C21H22N2O4. The average Bonchev–Trinajstić information content (AvgIpc) is 2.72. The molecule has 0 bridgehead atoms. The highest BCUT2D eigenvalue weighted by atomic mass is 16.4. The SMILES string of the molecule is O=C(O)c1ccc(CCC(=O)N2CCN(C(=O)c3ccccc3)CC2)cc1. The fourth-order valence-corrected chi connectivity index (χ4v) is 3.15.